The summed E-state index contributed by atoms with van der Waals surface area (Å²) in [5.41, 5.74) is 0. The number of aliphatic hydroxyl groups is 1. The topological polar surface area (TPSA) is 50.9 Å². The summed E-state index contributed by atoms with van der Waals surface area (Å²) < 4.78 is 40.9. The molecule has 3 unspecified atom stereocenters. The van der Waals surface area contributed by atoms with Crippen molar-refractivity contribution in [2.75, 3.05) is 0 Å². The predicted molar refractivity (Wildman–Crippen MR) is 71.6 cm³/mol. The van der Waals surface area contributed by atoms with E-state index in [-0.39, 0.29) is 18.9 Å². The highest BCUT2D eigenvalue weighted by atomic mass is 19.4. The molecule has 1 saturated carbocycles. The van der Waals surface area contributed by atoms with E-state index in [9.17, 15) is 18.3 Å². The van der Waals surface area contributed by atoms with Gasteiger partial charge in [-0.25, -0.2) is 9.67 Å². The molecule has 7 heteroatoms. The molecule has 1 aromatic heterocycles. The molecule has 0 saturated heterocycles. The number of hydrogen-bond acceptors (Lipinski definition) is 3. The summed E-state index contributed by atoms with van der Waals surface area (Å²) in [5.74, 6) is -1.60. The van der Waals surface area contributed by atoms with Crippen molar-refractivity contribution in [1.29, 1.82) is 0 Å². The summed E-state index contributed by atoms with van der Waals surface area (Å²) >= 11 is 0. The molecular formula is C14H22F3N3O. The summed E-state index contributed by atoms with van der Waals surface area (Å²) in [6, 6.07) is 0.0690. The van der Waals surface area contributed by atoms with E-state index in [1.165, 1.54) is 6.33 Å². The quantitative estimate of drug-likeness (QED) is 0.930. The lowest BCUT2D eigenvalue weighted by molar-refractivity contribution is -0.206. The van der Waals surface area contributed by atoms with Gasteiger partial charge in [0.25, 0.3) is 0 Å². The zero-order valence-electron chi connectivity index (χ0n) is 12.3. The van der Waals surface area contributed by atoms with Crippen molar-refractivity contribution < 1.29 is 18.3 Å². The summed E-state index contributed by atoms with van der Waals surface area (Å²) in [7, 11) is 0. The summed E-state index contributed by atoms with van der Waals surface area (Å²) in [4.78, 5) is 4.07. The van der Waals surface area contributed by atoms with E-state index in [0.717, 1.165) is 6.42 Å². The Kier molecular flexibility index (Phi) is 4.91. The lowest BCUT2D eigenvalue weighted by Gasteiger charge is -2.35. The molecule has 1 aliphatic rings. The van der Waals surface area contributed by atoms with Crippen molar-refractivity contribution in [3.05, 3.63) is 12.2 Å². The molecule has 2 rings (SSSR count). The molecule has 0 bridgehead atoms. The minimum absolute atomic E-state index is 0.0690. The second-order valence-electron chi connectivity index (χ2n) is 6.08. The highest BCUT2D eigenvalue weighted by molar-refractivity contribution is 4.94. The van der Waals surface area contributed by atoms with Crippen molar-refractivity contribution in [2.45, 2.75) is 64.3 Å². The van der Waals surface area contributed by atoms with Gasteiger partial charge in [0.2, 0.25) is 0 Å². The third-order valence-corrected chi connectivity index (χ3v) is 4.26. The van der Waals surface area contributed by atoms with Crippen LogP contribution in [0.4, 0.5) is 13.2 Å². The molecule has 0 spiro atoms. The molecule has 0 aromatic carbocycles. The first kappa shape index (κ1) is 16.3. The van der Waals surface area contributed by atoms with Crippen LogP contribution in [-0.4, -0.2) is 32.2 Å². The minimum Gasteiger partial charge on any atom is -0.392 e. The smallest absolute Gasteiger partial charge is 0.392 e. The zero-order valence-corrected chi connectivity index (χ0v) is 12.3. The molecule has 1 fully saturated rings. The SMILES string of the molecule is CC(C)n1ncnc1CC(O)C1CCCCC1C(F)(F)F. The molecule has 1 aliphatic carbocycles. The summed E-state index contributed by atoms with van der Waals surface area (Å²) in [6.07, 6.45) is -1.92. The van der Waals surface area contributed by atoms with Crippen molar-refractivity contribution >= 4 is 0 Å². The Hall–Kier alpha value is -1.11. The fraction of sp³-hybridized carbons (Fsp3) is 0.857. The van der Waals surface area contributed by atoms with Crippen LogP contribution >= 0.6 is 0 Å². The first-order valence-corrected chi connectivity index (χ1v) is 7.44. The standard InChI is InChI=1S/C14H22F3N3O/c1-9(2)20-13(18-8-19-20)7-12(21)10-5-3-4-6-11(10)14(15,16)17/h8-12,21H,3-7H2,1-2H3. The molecule has 3 atom stereocenters. The number of hydrogen-bond donors (Lipinski definition) is 1. The molecule has 1 aromatic rings. The molecule has 1 N–H and O–H groups in total. The average molecular weight is 305 g/mol. The van der Waals surface area contributed by atoms with Gasteiger partial charge in [-0.2, -0.15) is 18.3 Å². The Morgan fingerprint density at radius 3 is 2.62 bits per heavy atom. The molecule has 120 valence electrons. The molecular weight excluding hydrogens is 283 g/mol. The van der Waals surface area contributed by atoms with Gasteiger partial charge in [-0.05, 0) is 32.6 Å². The third-order valence-electron chi connectivity index (χ3n) is 4.26. The van der Waals surface area contributed by atoms with Crippen LogP contribution in [0.2, 0.25) is 0 Å². The second-order valence-corrected chi connectivity index (χ2v) is 6.08. The Balaban J connectivity index is 2.10. The van der Waals surface area contributed by atoms with Crippen LogP contribution in [0.15, 0.2) is 6.33 Å². The van der Waals surface area contributed by atoms with Crippen LogP contribution in [-0.2, 0) is 6.42 Å². The first-order chi connectivity index (χ1) is 9.80. The van der Waals surface area contributed by atoms with Crippen LogP contribution in [0.25, 0.3) is 0 Å². The summed E-state index contributed by atoms with van der Waals surface area (Å²) in [6.45, 7) is 3.84. The van der Waals surface area contributed by atoms with Crippen LogP contribution < -0.4 is 0 Å². The van der Waals surface area contributed by atoms with Gasteiger partial charge in [0.05, 0.1) is 12.0 Å². The van der Waals surface area contributed by atoms with Gasteiger partial charge in [-0.15, -0.1) is 0 Å². The molecule has 1 heterocycles. The van der Waals surface area contributed by atoms with Gasteiger partial charge in [0, 0.05) is 12.5 Å². The van der Waals surface area contributed by atoms with Crippen LogP contribution in [0, 0.1) is 11.8 Å². The Morgan fingerprint density at radius 2 is 2.00 bits per heavy atom. The average Bonchev–Trinajstić information content (AvgIpc) is 2.86. The first-order valence-electron chi connectivity index (χ1n) is 7.44. The Bertz CT molecular complexity index is 459. The van der Waals surface area contributed by atoms with Crippen LogP contribution in [0.3, 0.4) is 0 Å². The van der Waals surface area contributed by atoms with E-state index >= 15 is 0 Å². The van der Waals surface area contributed by atoms with E-state index < -0.39 is 24.1 Å². The number of halogens is 3. The number of rotatable bonds is 4. The second kappa shape index (κ2) is 6.34. The summed E-state index contributed by atoms with van der Waals surface area (Å²) in [5, 5.41) is 14.4. The van der Waals surface area contributed by atoms with Crippen molar-refractivity contribution in [2.24, 2.45) is 11.8 Å². The zero-order chi connectivity index (χ0) is 15.6. The lowest BCUT2D eigenvalue weighted by atomic mass is 9.75. The van der Waals surface area contributed by atoms with Crippen molar-refractivity contribution in [1.82, 2.24) is 14.8 Å². The monoisotopic (exact) mass is 305 g/mol. The van der Waals surface area contributed by atoms with E-state index in [2.05, 4.69) is 10.1 Å². The third kappa shape index (κ3) is 3.75. The van der Waals surface area contributed by atoms with Crippen LogP contribution in [0.1, 0.15) is 51.4 Å². The van der Waals surface area contributed by atoms with Crippen molar-refractivity contribution in [3.8, 4) is 0 Å². The fourth-order valence-corrected chi connectivity index (χ4v) is 3.22. The predicted octanol–water partition coefficient (Wildman–Crippen LogP) is 3.13. The largest absolute Gasteiger partial charge is 0.392 e. The Morgan fingerprint density at radius 1 is 1.33 bits per heavy atom. The lowest BCUT2D eigenvalue weighted by Crippen LogP contribution is -2.40. The molecule has 4 nitrogen and oxygen atoms in total. The van der Waals surface area contributed by atoms with E-state index in [0.29, 0.717) is 18.7 Å². The Labute approximate surface area is 122 Å². The number of alkyl halides is 3. The van der Waals surface area contributed by atoms with Gasteiger partial charge < -0.3 is 5.11 Å². The van der Waals surface area contributed by atoms with Crippen molar-refractivity contribution in [3.63, 3.8) is 0 Å². The highest BCUT2D eigenvalue weighted by Crippen LogP contribution is 2.43. The molecule has 0 amide bonds. The molecule has 0 radical (unpaired) electrons. The number of nitrogens with zero attached hydrogens (tertiary/aromatic N) is 3. The normalized spacial score (nSPS) is 25.3. The van der Waals surface area contributed by atoms with Gasteiger partial charge >= 0.3 is 6.18 Å². The molecule has 0 aliphatic heterocycles. The van der Waals surface area contributed by atoms with E-state index in [1.807, 2.05) is 13.8 Å². The van der Waals surface area contributed by atoms with Gasteiger partial charge in [0.15, 0.2) is 0 Å². The van der Waals surface area contributed by atoms with Gasteiger partial charge in [0.1, 0.15) is 12.2 Å². The minimum atomic E-state index is -4.24. The maximum Gasteiger partial charge on any atom is 0.392 e. The fourth-order valence-electron chi connectivity index (χ4n) is 3.22. The number of aliphatic hydroxyl groups excluding tert-OH is 1. The van der Waals surface area contributed by atoms with Gasteiger partial charge in [-0.3, -0.25) is 0 Å². The van der Waals surface area contributed by atoms with Gasteiger partial charge in [-0.1, -0.05) is 12.8 Å². The maximum absolute atomic E-state index is 13.1. The maximum atomic E-state index is 13.1. The van der Waals surface area contributed by atoms with E-state index in [1.54, 1.807) is 4.68 Å². The highest BCUT2D eigenvalue weighted by Gasteiger charge is 2.47. The number of aromatic nitrogens is 3. The molecule has 21 heavy (non-hydrogen) atoms. The van der Waals surface area contributed by atoms with Crippen LogP contribution in [0.5, 0.6) is 0 Å². The van der Waals surface area contributed by atoms with E-state index in [4.69, 9.17) is 0 Å².